The van der Waals surface area contributed by atoms with Gasteiger partial charge in [0.1, 0.15) is 12.1 Å². The van der Waals surface area contributed by atoms with Crippen LogP contribution in [0.15, 0.2) is 72.9 Å². The van der Waals surface area contributed by atoms with Gasteiger partial charge in [-0.2, -0.15) is 0 Å². The van der Waals surface area contributed by atoms with Crippen LogP contribution in [0.2, 0.25) is 0 Å². The summed E-state index contributed by atoms with van der Waals surface area (Å²) in [5, 5.41) is 14.1. The molecule has 0 aromatic rings. The van der Waals surface area contributed by atoms with Gasteiger partial charge >= 0.3 is 6.03 Å². The van der Waals surface area contributed by atoms with Crippen molar-refractivity contribution in [1.29, 1.82) is 0 Å². The molecule has 63 heavy (non-hydrogen) atoms. The van der Waals surface area contributed by atoms with Crippen LogP contribution >= 0.6 is 0 Å². The maximum Gasteiger partial charge on any atom is 0.315 e. The van der Waals surface area contributed by atoms with Crippen molar-refractivity contribution in [2.24, 2.45) is 28.6 Å². The molecule has 350 valence electrons. The molecule has 0 radical (unpaired) electrons. The predicted octanol–water partition coefficient (Wildman–Crippen LogP) is 7.94. The molecule has 1 aliphatic heterocycles. The van der Waals surface area contributed by atoms with Gasteiger partial charge in [-0.1, -0.05) is 134 Å². The molecular formula is C51H80N6O6. The summed E-state index contributed by atoms with van der Waals surface area (Å²) in [6.07, 6.45) is 35.4. The number of amides is 6. The molecule has 1 saturated heterocycles. The van der Waals surface area contributed by atoms with E-state index in [1.807, 2.05) is 53.7 Å². The van der Waals surface area contributed by atoms with E-state index in [0.717, 1.165) is 57.8 Å². The normalized spacial score (nSPS) is 21.0. The second-order valence-electron chi connectivity index (χ2n) is 20.1. The smallest absolute Gasteiger partial charge is 0.315 e. The van der Waals surface area contributed by atoms with Crippen molar-refractivity contribution >= 4 is 35.4 Å². The number of allylic oxidation sites excluding steroid dienone is 12. The van der Waals surface area contributed by atoms with Crippen molar-refractivity contribution < 1.29 is 28.8 Å². The van der Waals surface area contributed by atoms with Gasteiger partial charge in [-0.3, -0.25) is 24.0 Å². The molecule has 3 aliphatic rings. The average molecular weight is 873 g/mol. The highest BCUT2D eigenvalue weighted by molar-refractivity contribution is 6.38. The minimum absolute atomic E-state index is 0.0626. The Labute approximate surface area is 378 Å². The van der Waals surface area contributed by atoms with E-state index in [9.17, 15) is 28.8 Å². The summed E-state index contributed by atoms with van der Waals surface area (Å²) in [5.41, 5.74) is -1.36. The zero-order valence-electron chi connectivity index (χ0n) is 39.9. The molecule has 3 fully saturated rings. The second-order valence-corrected chi connectivity index (χ2v) is 20.1. The molecule has 1 unspecified atom stereocenters. The molecule has 5 atom stereocenters. The molecule has 2 aliphatic carbocycles. The van der Waals surface area contributed by atoms with Crippen LogP contribution < -0.4 is 26.6 Å². The first kappa shape index (κ1) is 52.6. The quantitative estimate of drug-likeness (QED) is 0.0355. The van der Waals surface area contributed by atoms with Gasteiger partial charge in [0.2, 0.25) is 23.5 Å². The van der Waals surface area contributed by atoms with Crippen LogP contribution in [0.5, 0.6) is 0 Å². The van der Waals surface area contributed by atoms with Crippen LogP contribution in [0, 0.1) is 28.6 Å². The number of piperidine rings is 1. The third-order valence-electron chi connectivity index (χ3n) is 12.2. The Hall–Kier alpha value is -4.74. The van der Waals surface area contributed by atoms with Crippen molar-refractivity contribution in [3.63, 3.8) is 0 Å². The Morgan fingerprint density at radius 2 is 1.24 bits per heavy atom. The fourth-order valence-electron chi connectivity index (χ4n) is 8.25. The molecule has 0 aromatic carbocycles. The predicted molar refractivity (Wildman–Crippen MR) is 253 cm³/mol. The Balaban J connectivity index is 1.43. The number of urea groups is 1. The molecule has 2 saturated carbocycles. The Morgan fingerprint density at radius 3 is 1.73 bits per heavy atom. The van der Waals surface area contributed by atoms with Crippen molar-refractivity contribution in [3.05, 3.63) is 72.9 Å². The van der Waals surface area contributed by atoms with Crippen molar-refractivity contribution in [3.8, 4) is 0 Å². The average Bonchev–Trinajstić information content (AvgIpc) is 3.48. The van der Waals surface area contributed by atoms with Gasteiger partial charge < -0.3 is 31.5 Å². The van der Waals surface area contributed by atoms with Crippen molar-refractivity contribution in [1.82, 2.24) is 31.5 Å². The first-order chi connectivity index (χ1) is 29.8. The van der Waals surface area contributed by atoms with Crippen LogP contribution in [-0.4, -0.2) is 83.6 Å². The van der Waals surface area contributed by atoms with Crippen molar-refractivity contribution in [2.75, 3.05) is 19.6 Å². The summed E-state index contributed by atoms with van der Waals surface area (Å²) >= 11 is 0. The summed E-state index contributed by atoms with van der Waals surface area (Å²) in [4.78, 5) is 82.3. The summed E-state index contributed by atoms with van der Waals surface area (Å²) in [5.74, 6) is -2.36. The first-order valence-corrected chi connectivity index (χ1v) is 23.5. The summed E-state index contributed by atoms with van der Waals surface area (Å²) in [6.45, 7) is 18.1. The van der Waals surface area contributed by atoms with Crippen LogP contribution in [-0.2, 0) is 24.0 Å². The van der Waals surface area contributed by atoms with Crippen LogP contribution in [0.1, 0.15) is 139 Å². The molecule has 0 aromatic heterocycles. The number of rotatable bonds is 25. The van der Waals surface area contributed by atoms with Gasteiger partial charge in [0.25, 0.3) is 5.91 Å². The maximum absolute atomic E-state index is 14.3. The minimum Gasteiger partial charge on any atom is -0.354 e. The molecular weight excluding hydrogens is 793 g/mol. The van der Waals surface area contributed by atoms with E-state index in [-0.39, 0.29) is 48.1 Å². The van der Waals surface area contributed by atoms with Crippen LogP contribution in [0.4, 0.5) is 4.79 Å². The maximum atomic E-state index is 14.3. The lowest BCUT2D eigenvalue weighted by molar-refractivity contribution is -0.145. The third kappa shape index (κ3) is 18.1. The van der Waals surface area contributed by atoms with Gasteiger partial charge in [0, 0.05) is 31.6 Å². The highest BCUT2D eigenvalue weighted by Crippen LogP contribution is 2.65. The van der Waals surface area contributed by atoms with Crippen LogP contribution in [0.3, 0.4) is 0 Å². The number of carbonyl (C=O) groups excluding carboxylic acids is 6. The van der Waals surface area contributed by atoms with Gasteiger partial charge in [-0.25, -0.2) is 4.79 Å². The monoisotopic (exact) mass is 873 g/mol. The summed E-state index contributed by atoms with van der Waals surface area (Å²) in [6, 6.07) is -3.28. The molecule has 0 bridgehead atoms. The fraction of sp³-hybridized carbons (Fsp3) is 0.647. The van der Waals surface area contributed by atoms with E-state index < -0.39 is 52.7 Å². The Kier molecular flexibility index (Phi) is 21.3. The molecule has 1 heterocycles. The topological polar surface area (TPSA) is 166 Å². The minimum atomic E-state index is -1.05. The van der Waals surface area contributed by atoms with Gasteiger partial charge in [0.15, 0.2) is 0 Å². The standard InChI is InChI=1S/C51H80N6O6/c1-10-11-12-13-14-15-16-17-18-19-20-21-22-23-24-25-26-27-28-32-40(58)52-33-34-53-46(61)43(59)39(35-37-30-29-31-37)54-45(60)42-41-38(51(41,8)9)36-57(42)47(62)44(49(2,3)4)55-48(63)56-50(5,6)7/h11-12,14-15,17-18,20-21,23-24,26-27,37-39,41-42,44H,10,13,16,19,22,25,28-36H2,1-9H3,(H,52,58)(H,53,61)(H,54,60)(H2,55,56,63)/t38-,39?,41-,42+,44+/m1/s1. The SMILES string of the molecule is CCC=CCC=CCC=CCC=CCC=CCC=CCCC(=O)NCCNC(=O)C(=O)C(CC1CCC1)NC(=O)[C@@H]1[C@H]2[C@@H](CN1C(=O)[C@H](NC(=O)NC(C)(C)C)C(C)(C)C)C2(C)C. The number of ketones is 1. The van der Waals surface area contributed by atoms with Crippen molar-refractivity contribution in [2.45, 2.75) is 163 Å². The summed E-state index contributed by atoms with van der Waals surface area (Å²) in [7, 11) is 0. The number of hydrogen-bond donors (Lipinski definition) is 5. The number of nitrogens with zero attached hydrogens (tertiary/aromatic N) is 1. The Morgan fingerprint density at radius 1 is 0.714 bits per heavy atom. The van der Waals surface area contributed by atoms with Crippen LogP contribution in [0.25, 0.3) is 0 Å². The van der Waals surface area contributed by atoms with E-state index in [2.05, 4.69) is 108 Å². The molecule has 12 nitrogen and oxygen atoms in total. The molecule has 3 rings (SSSR count). The lowest BCUT2D eigenvalue weighted by Gasteiger charge is -2.38. The number of fused-ring (bicyclic) bond motifs is 1. The first-order valence-electron chi connectivity index (χ1n) is 23.5. The van der Waals surface area contributed by atoms with E-state index in [1.54, 1.807) is 4.90 Å². The molecule has 6 amide bonds. The highest BCUT2D eigenvalue weighted by Gasteiger charge is 2.70. The zero-order valence-corrected chi connectivity index (χ0v) is 39.9. The van der Waals surface area contributed by atoms with Gasteiger partial charge in [-0.15, -0.1) is 0 Å². The van der Waals surface area contributed by atoms with E-state index >= 15 is 0 Å². The van der Waals surface area contributed by atoms with E-state index in [0.29, 0.717) is 25.8 Å². The molecule has 12 heteroatoms. The number of nitrogens with one attached hydrogen (secondary N) is 5. The largest absolute Gasteiger partial charge is 0.354 e. The molecule has 0 spiro atoms. The van der Waals surface area contributed by atoms with Gasteiger partial charge in [-0.05, 0) is 101 Å². The number of likely N-dealkylation sites (tertiary alicyclic amines) is 1. The summed E-state index contributed by atoms with van der Waals surface area (Å²) < 4.78 is 0. The van der Waals surface area contributed by atoms with E-state index in [1.165, 1.54) is 0 Å². The van der Waals surface area contributed by atoms with Gasteiger partial charge in [0.05, 0.1) is 6.04 Å². The number of Topliss-reactive ketones (excluding diaryl/α,β-unsaturated/α-hetero) is 1. The Bertz CT molecular complexity index is 1720. The lowest BCUT2D eigenvalue weighted by Crippen LogP contribution is -2.62. The number of carbonyl (C=O) groups is 6. The zero-order chi connectivity index (χ0) is 46.6. The fourth-order valence-corrected chi connectivity index (χ4v) is 8.25. The lowest BCUT2D eigenvalue weighted by atomic mass is 9.80. The van der Waals surface area contributed by atoms with E-state index in [4.69, 9.17) is 0 Å². The second kappa shape index (κ2) is 25.5. The number of hydrogen-bond acceptors (Lipinski definition) is 6. The third-order valence-corrected chi connectivity index (χ3v) is 12.2. The highest BCUT2D eigenvalue weighted by atomic mass is 16.2. The molecule has 5 N–H and O–H groups in total.